The van der Waals surface area contributed by atoms with Gasteiger partial charge < -0.3 is 0 Å². The fourth-order valence-corrected chi connectivity index (χ4v) is 3.25. The molecule has 0 radical (unpaired) electrons. The van der Waals surface area contributed by atoms with Crippen molar-refractivity contribution in [2.45, 2.75) is 6.04 Å². The summed E-state index contributed by atoms with van der Waals surface area (Å²) in [5.41, 5.74) is 3.96. The molecule has 0 amide bonds. The Labute approximate surface area is 171 Å². The zero-order chi connectivity index (χ0) is 20.2. The van der Waals surface area contributed by atoms with Gasteiger partial charge in [-0.2, -0.15) is 5.10 Å². The summed E-state index contributed by atoms with van der Waals surface area (Å²) in [7, 11) is 0. The van der Waals surface area contributed by atoms with Crippen molar-refractivity contribution in [2.75, 3.05) is 0 Å². The summed E-state index contributed by atoms with van der Waals surface area (Å²) in [6.07, 6.45) is 9.20. The third kappa shape index (κ3) is 3.51. The van der Waals surface area contributed by atoms with Crippen molar-refractivity contribution in [2.24, 2.45) is 0 Å². The van der Waals surface area contributed by atoms with Gasteiger partial charge >= 0.3 is 0 Å². The molecule has 0 fully saturated rings. The predicted octanol–water partition coefficient (Wildman–Crippen LogP) is 2.62. The minimum Gasteiger partial charge on any atom is -0.241 e. The highest BCUT2D eigenvalue weighted by Crippen LogP contribution is 2.28. The van der Waals surface area contributed by atoms with Crippen molar-refractivity contribution < 1.29 is 0 Å². The van der Waals surface area contributed by atoms with Gasteiger partial charge in [0.2, 0.25) is 0 Å². The van der Waals surface area contributed by atoms with E-state index < -0.39 is 0 Å². The van der Waals surface area contributed by atoms with Gasteiger partial charge in [0.25, 0.3) is 0 Å². The molecule has 0 saturated carbocycles. The van der Waals surface area contributed by atoms with E-state index in [-0.39, 0.29) is 6.04 Å². The molecule has 9 heteroatoms. The Hall–Kier alpha value is -4.40. The predicted molar refractivity (Wildman–Crippen MR) is 108 cm³/mol. The van der Waals surface area contributed by atoms with Crippen LogP contribution in [0.5, 0.6) is 0 Å². The molecular weight excluding hydrogens is 378 g/mol. The van der Waals surface area contributed by atoms with Crippen LogP contribution in [0.15, 0.2) is 86.5 Å². The van der Waals surface area contributed by atoms with Crippen LogP contribution >= 0.6 is 0 Å². The smallest absolute Gasteiger partial charge is 0.162 e. The average Bonchev–Trinajstić information content (AvgIpc) is 3.36. The van der Waals surface area contributed by atoms with Crippen LogP contribution in [0.4, 0.5) is 0 Å². The minimum atomic E-state index is -0.132. The molecule has 0 atom stereocenters. The molecule has 0 bridgehead atoms. The lowest BCUT2D eigenvalue weighted by molar-refractivity contribution is 0.594. The minimum absolute atomic E-state index is 0.132. The van der Waals surface area contributed by atoms with E-state index in [1.807, 2.05) is 53.2 Å². The fraction of sp³-hybridized carbons (Fsp3) is 0.0476. The van der Waals surface area contributed by atoms with Crippen LogP contribution in [0.2, 0.25) is 0 Å². The standard InChI is InChI=1S/C21H15N9/c1-5-17(20-25-9-22-10-26-20)6-2-15(1)19(30-14-24-13-29-30)16-3-7-18(8-4-16)21-27-11-23-12-28-21/h1-14,19H. The molecule has 0 unspecified atom stereocenters. The second-order valence-corrected chi connectivity index (χ2v) is 6.45. The Kier molecular flexibility index (Phi) is 4.67. The van der Waals surface area contributed by atoms with Crippen molar-refractivity contribution in [1.29, 1.82) is 0 Å². The first-order chi connectivity index (χ1) is 14.9. The summed E-state index contributed by atoms with van der Waals surface area (Å²) in [6.45, 7) is 0. The van der Waals surface area contributed by atoms with E-state index in [1.54, 1.807) is 6.33 Å². The van der Waals surface area contributed by atoms with Crippen molar-refractivity contribution in [3.8, 4) is 22.8 Å². The maximum Gasteiger partial charge on any atom is 0.162 e. The van der Waals surface area contributed by atoms with Crippen molar-refractivity contribution in [3.63, 3.8) is 0 Å². The normalized spacial score (nSPS) is 11.0. The summed E-state index contributed by atoms with van der Waals surface area (Å²) in [6, 6.07) is 16.0. The molecule has 3 aromatic heterocycles. The van der Waals surface area contributed by atoms with Crippen LogP contribution in [0, 0.1) is 0 Å². The lowest BCUT2D eigenvalue weighted by atomic mass is 9.96. The number of hydrogen-bond acceptors (Lipinski definition) is 8. The number of aromatic nitrogens is 9. The first-order valence-electron chi connectivity index (χ1n) is 9.17. The highest BCUT2D eigenvalue weighted by Gasteiger charge is 2.18. The molecule has 3 heterocycles. The Balaban J connectivity index is 1.50. The number of nitrogens with zero attached hydrogens (tertiary/aromatic N) is 9. The molecule has 0 saturated heterocycles. The van der Waals surface area contributed by atoms with Crippen LogP contribution < -0.4 is 0 Å². The Bertz CT molecular complexity index is 1120. The van der Waals surface area contributed by atoms with E-state index in [2.05, 4.69) is 40.0 Å². The molecule has 2 aromatic carbocycles. The SMILES string of the molecule is c1ncnc(-c2ccc(C(c3ccc(-c4ncncn4)cc3)n3cncn3)cc2)n1. The van der Waals surface area contributed by atoms with Gasteiger partial charge in [-0.1, -0.05) is 48.5 Å². The van der Waals surface area contributed by atoms with Crippen molar-refractivity contribution in [3.05, 3.63) is 97.6 Å². The topological polar surface area (TPSA) is 108 Å². The van der Waals surface area contributed by atoms with Gasteiger partial charge in [0.15, 0.2) is 11.6 Å². The molecule has 5 rings (SSSR count). The lowest BCUT2D eigenvalue weighted by Gasteiger charge is -2.19. The molecule has 144 valence electrons. The highest BCUT2D eigenvalue weighted by atomic mass is 15.3. The van der Waals surface area contributed by atoms with Gasteiger partial charge in [-0.25, -0.2) is 39.6 Å². The second kappa shape index (κ2) is 7.92. The van der Waals surface area contributed by atoms with Gasteiger partial charge in [-0.15, -0.1) is 0 Å². The summed E-state index contributed by atoms with van der Waals surface area (Å²) in [5, 5.41) is 4.37. The van der Waals surface area contributed by atoms with Crippen LogP contribution in [0.1, 0.15) is 17.2 Å². The van der Waals surface area contributed by atoms with Crippen molar-refractivity contribution >= 4 is 0 Å². The summed E-state index contributed by atoms with van der Waals surface area (Å²) in [4.78, 5) is 28.7. The fourth-order valence-electron chi connectivity index (χ4n) is 3.25. The van der Waals surface area contributed by atoms with E-state index in [0.29, 0.717) is 11.6 Å². The molecule has 0 aliphatic rings. The summed E-state index contributed by atoms with van der Waals surface area (Å²) >= 11 is 0. The Morgan fingerprint density at radius 1 is 0.533 bits per heavy atom. The first kappa shape index (κ1) is 17.7. The second-order valence-electron chi connectivity index (χ2n) is 6.45. The van der Waals surface area contributed by atoms with Gasteiger partial charge in [-0.3, -0.25) is 0 Å². The molecule has 5 aromatic rings. The zero-order valence-electron chi connectivity index (χ0n) is 15.7. The van der Waals surface area contributed by atoms with Gasteiger partial charge in [0.1, 0.15) is 44.0 Å². The van der Waals surface area contributed by atoms with Crippen LogP contribution in [-0.4, -0.2) is 44.7 Å². The van der Waals surface area contributed by atoms with Crippen LogP contribution in [-0.2, 0) is 0 Å². The van der Waals surface area contributed by atoms with Crippen LogP contribution in [0.25, 0.3) is 22.8 Å². The summed E-state index contributed by atoms with van der Waals surface area (Å²) < 4.78 is 1.83. The molecule has 0 spiro atoms. The largest absolute Gasteiger partial charge is 0.241 e. The third-order valence-corrected chi connectivity index (χ3v) is 4.66. The van der Waals surface area contributed by atoms with E-state index in [9.17, 15) is 0 Å². The maximum atomic E-state index is 4.37. The van der Waals surface area contributed by atoms with E-state index in [1.165, 1.54) is 31.6 Å². The van der Waals surface area contributed by atoms with E-state index in [0.717, 1.165) is 22.3 Å². The van der Waals surface area contributed by atoms with Crippen LogP contribution in [0.3, 0.4) is 0 Å². The monoisotopic (exact) mass is 393 g/mol. The van der Waals surface area contributed by atoms with Gasteiger partial charge in [0.05, 0.1) is 0 Å². The third-order valence-electron chi connectivity index (χ3n) is 4.66. The Morgan fingerprint density at radius 3 is 1.40 bits per heavy atom. The average molecular weight is 393 g/mol. The molecule has 0 aliphatic carbocycles. The molecule has 9 nitrogen and oxygen atoms in total. The van der Waals surface area contributed by atoms with Gasteiger partial charge in [-0.05, 0) is 11.1 Å². The highest BCUT2D eigenvalue weighted by molar-refractivity contribution is 5.57. The number of rotatable bonds is 5. The number of benzene rings is 2. The molecule has 0 aliphatic heterocycles. The first-order valence-corrected chi connectivity index (χ1v) is 9.17. The maximum absolute atomic E-state index is 4.37. The van der Waals surface area contributed by atoms with Crippen molar-refractivity contribution in [1.82, 2.24) is 44.7 Å². The molecular formula is C21H15N9. The van der Waals surface area contributed by atoms with Gasteiger partial charge in [0, 0.05) is 11.1 Å². The zero-order valence-corrected chi connectivity index (χ0v) is 15.7. The number of hydrogen-bond donors (Lipinski definition) is 0. The summed E-state index contributed by atoms with van der Waals surface area (Å²) in [5.74, 6) is 1.27. The Morgan fingerprint density at radius 2 is 1.00 bits per heavy atom. The quantitative estimate of drug-likeness (QED) is 0.448. The molecule has 0 N–H and O–H groups in total. The molecule has 30 heavy (non-hydrogen) atoms. The van der Waals surface area contributed by atoms with E-state index in [4.69, 9.17) is 0 Å². The van der Waals surface area contributed by atoms with E-state index >= 15 is 0 Å². The lowest BCUT2D eigenvalue weighted by Crippen LogP contribution is -2.13.